The van der Waals surface area contributed by atoms with Gasteiger partial charge in [-0.25, -0.2) is 0 Å². The Hall–Kier alpha value is -2.43. The van der Waals surface area contributed by atoms with Gasteiger partial charge in [-0.1, -0.05) is 0 Å². The van der Waals surface area contributed by atoms with E-state index < -0.39 is 0 Å². The van der Waals surface area contributed by atoms with Gasteiger partial charge in [-0.2, -0.15) is 0 Å². The van der Waals surface area contributed by atoms with Crippen molar-refractivity contribution in [3.05, 3.63) is 48.4 Å². The van der Waals surface area contributed by atoms with E-state index in [1.165, 1.54) is 0 Å². The Kier molecular flexibility index (Phi) is 5.06. The highest BCUT2D eigenvalue weighted by Crippen LogP contribution is 2.16. The Bertz CT molecular complexity index is 519. The molecule has 1 aromatic carbocycles. The topological polar surface area (TPSA) is 60.7 Å². The van der Waals surface area contributed by atoms with Gasteiger partial charge in [-0.15, -0.1) is 0 Å². The molecule has 0 spiro atoms. The number of nitrogens with one attached hydrogen (secondary N) is 1. The van der Waals surface area contributed by atoms with E-state index in [1.807, 2.05) is 18.2 Å². The first kappa shape index (κ1) is 14.0. The molecule has 0 radical (unpaired) electrons. The minimum Gasteiger partial charge on any atom is -0.497 e. The molecule has 1 heterocycles. The van der Waals surface area contributed by atoms with Crippen LogP contribution in [0, 0.1) is 0 Å². The number of methoxy groups -OCH3 is 1. The van der Waals surface area contributed by atoms with Crippen LogP contribution in [0.4, 0.5) is 0 Å². The van der Waals surface area contributed by atoms with Crippen LogP contribution in [0.2, 0.25) is 0 Å². The standard InChI is InChI=1S/C15H17NO4/c1-18-12-4-6-13(7-5-12)20-10-8-15(17)16-11-14-3-2-9-19-14/h2-7,9H,8,10-11H2,1H3,(H,16,17). The molecule has 0 saturated carbocycles. The number of benzene rings is 1. The lowest BCUT2D eigenvalue weighted by Gasteiger charge is -2.07. The van der Waals surface area contributed by atoms with Gasteiger partial charge < -0.3 is 19.2 Å². The fourth-order valence-corrected chi connectivity index (χ4v) is 1.62. The van der Waals surface area contributed by atoms with Gasteiger partial charge in [0, 0.05) is 0 Å². The van der Waals surface area contributed by atoms with Crippen molar-refractivity contribution in [3.8, 4) is 11.5 Å². The van der Waals surface area contributed by atoms with Crippen molar-refractivity contribution in [1.29, 1.82) is 0 Å². The molecule has 0 fully saturated rings. The van der Waals surface area contributed by atoms with Crippen LogP contribution in [-0.4, -0.2) is 19.6 Å². The predicted molar refractivity (Wildman–Crippen MR) is 73.7 cm³/mol. The molecular weight excluding hydrogens is 258 g/mol. The average molecular weight is 275 g/mol. The smallest absolute Gasteiger partial charge is 0.223 e. The number of rotatable bonds is 7. The zero-order chi connectivity index (χ0) is 14.2. The Balaban J connectivity index is 1.65. The first-order valence-electron chi connectivity index (χ1n) is 6.34. The lowest BCUT2D eigenvalue weighted by Crippen LogP contribution is -2.24. The van der Waals surface area contributed by atoms with Crippen LogP contribution in [0.3, 0.4) is 0 Å². The molecule has 2 aromatic rings. The van der Waals surface area contributed by atoms with E-state index in [0.717, 1.165) is 11.5 Å². The van der Waals surface area contributed by atoms with Crippen LogP contribution in [0.5, 0.6) is 11.5 Å². The summed E-state index contributed by atoms with van der Waals surface area (Å²) in [7, 11) is 1.61. The number of hydrogen-bond acceptors (Lipinski definition) is 4. The molecule has 0 aliphatic carbocycles. The van der Waals surface area contributed by atoms with Crippen molar-refractivity contribution < 1.29 is 18.7 Å². The molecule has 0 atom stereocenters. The second-order valence-electron chi connectivity index (χ2n) is 4.13. The van der Waals surface area contributed by atoms with Gasteiger partial charge >= 0.3 is 0 Å². The van der Waals surface area contributed by atoms with Crippen molar-refractivity contribution in [2.45, 2.75) is 13.0 Å². The minimum absolute atomic E-state index is 0.0742. The number of furan rings is 1. The van der Waals surface area contributed by atoms with E-state index in [-0.39, 0.29) is 5.91 Å². The van der Waals surface area contributed by atoms with Gasteiger partial charge in [0.2, 0.25) is 5.91 Å². The summed E-state index contributed by atoms with van der Waals surface area (Å²) in [6, 6.07) is 10.8. The summed E-state index contributed by atoms with van der Waals surface area (Å²) in [6.45, 7) is 0.727. The lowest BCUT2D eigenvalue weighted by molar-refractivity contribution is -0.121. The molecule has 0 aliphatic rings. The molecule has 0 bridgehead atoms. The number of carbonyl (C=O) groups is 1. The number of amides is 1. The van der Waals surface area contributed by atoms with Crippen LogP contribution in [-0.2, 0) is 11.3 Å². The van der Waals surface area contributed by atoms with E-state index >= 15 is 0 Å². The maximum Gasteiger partial charge on any atom is 0.223 e. The third-order valence-corrected chi connectivity index (χ3v) is 2.70. The fraction of sp³-hybridized carbons (Fsp3) is 0.267. The Morgan fingerprint density at radius 2 is 1.95 bits per heavy atom. The van der Waals surface area contributed by atoms with Crippen LogP contribution in [0.15, 0.2) is 47.1 Å². The molecule has 5 nitrogen and oxygen atoms in total. The van der Waals surface area contributed by atoms with Crippen molar-refractivity contribution >= 4 is 5.91 Å². The largest absolute Gasteiger partial charge is 0.497 e. The number of hydrogen-bond donors (Lipinski definition) is 1. The zero-order valence-electron chi connectivity index (χ0n) is 11.3. The average Bonchev–Trinajstić information content (AvgIpc) is 2.99. The molecule has 0 unspecified atom stereocenters. The van der Waals surface area contributed by atoms with Crippen molar-refractivity contribution in [2.75, 3.05) is 13.7 Å². The van der Waals surface area contributed by atoms with Crippen LogP contribution >= 0.6 is 0 Å². The van der Waals surface area contributed by atoms with Gasteiger partial charge in [0.1, 0.15) is 17.3 Å². The van der Waals surface area contributed by atoms with Gasteiger partial charge in [-0.3, -0.25) is 4.79 Å². The van der Waals surface area contributed by atoms with Gasteiger partial charge in [0.15, 0.2) is 0 Å². The summed E-state index contributed by atoms with van der Waals surface area (Å²) in [5, 5.41) is 2.76. The minimum atomic E-state index is -0.0742. The van der Waals surface area contributed by atoms with Crippen molar-refractivity contribution in [2.24, 2.45) is 0 Å². The number of carbonyl (C=O) groups excluding carboxylic acids is 1. The third-order valence-electron chi connectivity index (χ3n) is 2.70. The van der Waals surface area contributed by atoms with Crippen LogP contribution < -0.4 is 14.8 Å². The summed E-state index contributed by atoms with van der Waals surface area (Å²) < 4.78 is 15.6. The zero-order valence-corrected chi connectivity index (χ0v) is 11.3. The normalized spacial score (nSPS) is 10.1. The van der Waals surface area contributed by atoms with Gasteiger partial charge in [-0.05, 0) is 36.4 Å². The van der Waals surface area contributed by atoms with E-state index in [0.29, 0.717) is 25.3 Å². The third kappa shape index (κ3) is 4.35. The summed E-state index contributed by atoms with van der Waals surface area (Å²) >= 11 is 0. The molecule has 106 valence electrons. The highest BCUT2D eigenvalue weighted by Gasteiger charge is 2.03. The van der Waals surface area contributed by atoms with Gasteiger partial charge in [0.25, 0.3) is 0 Å². The quantitative estimate of drug-likeness (QED) is 0.842. The van der Waals surface area contributed by atoms with E-state index in [9.17, 15) is 4.79 Å². The second-order valence-corrected chi connectivity index (χ2v) is 4.13. The molecular formula is C15H17NO4. The highest BCUT2D eigenvalue weighted by atomic mass is 16.5. The predicted octanol–water partition coefficient (Wildman–Crippen LogP) is 2.37. The Morgan fingerprint density at radius 1 is 1.20 bits per heavy atom. The summed E-state index contributed by atoms with van der Waals surface area (Å²) in [6.07, 6.45) is 1.88. The highest BCUT2D eigenvalue weighted by molar-refractivity contribution is 5.75. The molecule has 2 rings (SSSR count). The second kappa shape index (κ2) is 7.23. The Morgan fingerprint density at radius 3 is 2.60 bits per heavy atom. The van der Waals surface area contributed by atoms with E-state index in [1.54, 1.807) is 31.6 Å². The fourth-order valence-electron chi connectivity index (χ4n) is 1.62. The SMILES string of the molecule is COc1ccc(OCCC(=O)NCc2ccco2)cc1. The lowest BCUT2D eigenvalue weighted by atomic mass is 10.3. The molecule has 5 heteroatoms. The Labute approximate surface area is 117 Å². The van der Waals surface area contributed by atoms with E-state index in [4.69, 9.17) is 13.9 Å². The maximum absolute atomic E-state index is 11.6. The van der Waals surface area contributed by atoms with E-state index in [2.05, 4.69) is 5.32 Å². The molecule has 0 saturated heterocycles. The van der Waals surface area contributed by atoms with Crippen molar-refractivity contribution in [3.63, 3.8) is 0 Å². The molecule has 1 N–H and O–H groups in total. The van der Waals surface area contributed by atoms with Crippen LogP contribution in [0.25, 0.3) is 0 Å². The molecule has 1 aromatic heterocycles. The molecule has 0 aliphatic heterocycles. The molecule has 20 heavy (non-hydrogen) atoms. The first-order valence-corrected chi connectivity index (χ1v) is 6.34. The number of ether oxygens (including phenoxy) is 2. The van der Waals surface area contributed by atoms with Crippen LogP contribution in [0.1, 0.15) is 12.2 Å². The maximum atomic E-state index is 11.6. The van der Waals surface area contributed by atoms with Gasteiger partial charge in [0.05, 0.1) is 32.9 Å². The summed E-state index contributed by atoms with van der Waals surface area (Å²) in [5.41, 5.74) is 0. The monoisotopic (exact) mass is 275 g/mol. The molecule has 1 amide bonds. The first-order chi connectivity index (χ1) is 9.78. The summed E-state index contributed by atoms with van der Waals surface area (Å²) in [4.78, 5) is 11.6. The summed E-state index contributed by atoms with van der Waals surface area (Å²) in [5.74, 6) is 2.14. The van der Waals surface area contributed by atoms with Crippen molar-refractivity contribution in [1.82, 2.24) is 5.32 Å².